The van der Waals surface area contributed by atoms with Gasteiger partial charge >= 0.3 is 0 Å². The lowest BCUT2D eigenvalue weighted by Crippen LogP contribution is -2.59. The van der Waals surface area contributed by atoms with E-state index in [1.54, 1.807) is 34.9 Å². The first-order chi connectivity index (χ1) is 18.8. The Labute approximate surface area is 238 Å². The van der Waals surface area contributed by atoms with Gasteiger partial charge in [-0.3, -0.25) is 14.4 Å². The maximum atomic E-state index is 13.8. The Morgan fingerprint density at radius 1 is 1.00 bits per heavy atom. The van der Waals surface area contributed by atoms with E-state index in [9.17, 15) is 22.8 Å². The van der Waals surface area contributed by atoms with Gasteiger partial charge in [0.05, 0.1) is 28.4 Å². The molecule has 9 nitrogen and oxygen atoms in total. The Morgan fingerprint density at radius 2 is 1.65 bits per heavy atom. The van der Waals surface area contributed by atoms with Gasteiger partial charge in [0.2, 0.25) is 21.8 Å². The van der Waals surface area contributed by atoms with Crippen molar-refractivity contribution >= 4 is 49.2 Å². The van der Waals surface area contributed by atoms with Crippen LogP contribution in [0.25, 0.3) is 10.1 Å². The Bertz CT molecular complexity index is 1540. The van der Waals surface area contributed by atoms with Gasteiger partial charge in [0.25, 0.3) is 5.91 Å². The molecule has 3 aromatic rings. The molecule has 2 N–H and O–H groups in total. The highest BCUT2D eigenvalue weighted by Crippen LogP contribution is 2.34. The molecule has 2 fully saturated rings. The van der Waals surface area contributed by atoms with Crippen molar-refractivity contribution < 1.29 is 22.8 Å². The van der Waals surface area contributed by atoms with E-state index in [-0.39, 0.29) is 41.2 Å². The summed E-state index contributed by atoms with van der Waals surface area (Å²) in [6.45, 7) is 7.82. The first-order valence-corrected chi connectivity index (χ1v) is 15.6. The molecule has 5 rings (SSSR count). The number of nitrogens with zero attached hydrogens (tertiary/aromatic N) is 2. The zero-order valence-corrected chi connectivity index (χ0v) is 24.6. The largest absolute Gasteiger partial charge is 0.339 e. The van der Waals surface area contributed by atoms with Gasteiger partial charge in [0.1, 0.15) is 6.04 Å². The number of piperazine rings is 1. The molecule has 0 saturated carbocycles. The van der Waals surface area contributed by atoms with Crippen LogP contribution in [0.15, 0.2) is 59.5 Å². The number of carbonyl (C=O) groups is 3. The van der Waals surface area contributed by atoms with Crippen molar-refractivity contribution in [1.82, 2.24) is 19.8 Å². The van der Waals surface area contributed by atoms with E-state index in [1.807, 2.05) is 51.1 Å². The van der Waals surface area contributed by atoms with Crippen molar-refractivity contribution in [2.45, 2.75) is 57.1 Å². The van der Waals surface area contributed by atoms with Gasteiger partial charge in [0.15, 0.2) is 0 Å². The van der Waals surface area contributed by atoms with Crippen LogP contribution in [-0.2, 0) is 19.6 Å². The molecular formula is C29H34N4O5S2. The number of benzene rings is 2. The van der Waals surface area contributed by atoms with Crippen LogP contribution in [0.3, 0.4) is 0 Å². The van der Waals surface area contributed by atoms with Crippen LogP contribution in [0.1, 0.15) is 42.4 Å². The number of hydrogen-bond donors (Lipinski definition) is 2. The minimum Gasteiger partial charge on any atom is -0.339 e. The van der Waals surface area contributed by atoms with Gasteiger partial charge in [-0.1, -0.05) is 57.2 Å². The molecule has 3 atom stereocenters. The second-order valence-corrected chi connectivity index (χ2v) is 14.4. The molecule has 0 spiro atoms. The second kappa shape index (κ2) is 10.6. The Hall–Kier alpha value is -3.28. The maximum Gasteiger partial charge on any atom is 0.262 e. The highest BCUT2D eigenvalue weighted by molar-refractivity contribution is 7.89. The minimum atomic E-state index is -3.83. The van der Waals surface area contributed by atoms with Crippen molar-refractivity contribution in [3.8, 4) is 0 Å². The molecule has 2 bridgehead atoms. The van der Waals surface area contributed by atoms with Crippen molar-refractivity contribution in [3.63, 3.8) is 0 Å². The van der Waals surface area contributed by atoms with E-state index in [0.717, 1.165) is 10.1 Å². The molecule has 2 aliphatic heterocycles. The molecule has 2 aromatic carbocycles. The predicted octanol–water partition coefficient (Wildman–Crippen LogP) is 3.14. The average molecular weight is 583 g/mol. The molecule has 212 valence electrons. The lowest BCUT2D eigenvalue weighted by molar-refractivity contribution is -0.142. The van der Waals surface area contributed by atoms with Gasteiger partial charge in [-0.25, -0.2) is 13.1 Å². The summed E-state index contributed by atoms with van der Waals surface area (Å²) >= 11 is 1.39. The van der Waals surface area contributed by atoms with Crippen molar-refractivity contribution in [3.05, 3.63) is 65.0 Å². The predicted molar refractivity (Wildman–Crippen MR) is 155 cm³/mol. The summed E-state index contributed by atoms with van der Waals surface area (Å²) < 4.78 is 28.9. The number of nitrogens with one attached hydrogen (secondary N) is 2. The molecule has 40 heavy (non-hydrogen) atoms. The fourth-order valence-electron chi connectivity index (χ4n) is 5.55. The zero-order chi connectivity index (χ0) is 28.8. The van der Waals surface area contributed by atoms with E-state index >= 15 is 0 Å². The van der Waals surface area contributed by atoms with Crippen LogP contribution in [0.2, 0.25) is 0 Å². The standard InChI is InChI=1S/C29H34N4O5S2/c1-18-9-5-8-12-24(18)40(37,38)30-15-25(34)32-16-21-14-20(32)17-33(21)28(36)26(29(2,3)4)31-27(35)23-13-19-10-6-7-11-22(19)39-23/h5-13,20-21,26,30H,14-17H2,1-4H3,(H,31,35)/t20-,21-,26?/m0/s1. The van der Waals surface area contributed by atoms with E-state index in [2.05, 4.69) is 10.0 Å². The van der Waals surface area contributed by atoms with E-state index in [1.165, 1.54) is 17.4 Å². The van der Waals surface area contributed by atoms with E-state index in [0.29, 0.717) is 30.0 Å². The topological polar surface area (TPSA) is 116 Å². The maximum absolute atomic E-state index is 13.8. The first kappa shape index (κ1) is 28.3. The van der Waals surface area contributed by atoms with Gasteiger partial charge in [-0.2, -0.15) is 0 Å². The zero-order valence-electron chi connectivity index (χ0n) is 23.0. The summed E-state index contributed by atoms with van der Waals surface area (Å²) in [7, 11) is -3.83. The molecule has 2 saturated heterocycles. The van der Waals surface area contributed by atoms with Crippen LogP contribution >= 0.6 is 11.3 Å². The molecule has 0 radical (unpaired) electrons. The number of sulfonamides is 1. The van der Waals surface area contributed by atoms with Crippen LogP contribution < -0.4 is 10.0 Å². The Balaban J connectivity index is 1.22. The monoisotopic (exact) mass is 582 g/mol. The summed E-state index contributed by atoms with van der Waals surface area (Å²) in [5.74, 6) is -0.763. The summed E-state index contributed by atoms with van der Waals surface area (Å²) in [5.41, 5.74) is 0.0684. The number of aryl methyl sites for hydroxylation is 1. The summed E-state index contributed by atoms with van der Waals surface area (Å²) in [4.78, 5) is 44.1. The first-order valence-electron chi connectivity index (χ1n) is 13.3. The van der Waals surface area contributed by atoms with Crippen LogP contribution in [0, 0.1) is 12.3 Å². The third-order valence-electron chi connectivity index (χ3n) is 7.68. The summed E-state index contributed by atoms with van der Waals surface area (Å²) in [5, 5.41) is 3.97. The van der Waals surface area contributed by atoms with Crippen molar-refractivity contribution in [1.29, 1.82) is 0 Å². The number of rotatable bonds is 7. The van der Waals surface area contributed by atoms with Gasteiger partial charge in [-0.05, 0) is 47.9 Å². The second-order valence-electron chi connectivity index (χ2n) is 11.6. The number of hydrogen-bond acceptors (Lipinski definition) is 6. The molecule has 1 unspecified atom stereocenters. The van der Waals surface area contributed by atoms with Crippen LogP contribution in [-0.4, -0.2) is 73.7 Å². The third kappa shape index (κ3) is 5.50. The van der Waals surface area contributed by atoms with Crippen LogP contribution in [0.4, 0.5) is 0 Å². The smallest absolute Gasteiger partial charge is 0.262 e. The summed E-state index contributed by atoms with van der Waals surface area (Å²) in [6, 6.07) is 15.1. The van der Waals surface area contributed by atoms with Gasteiger partial charge in [-0.15, -0.1) is 11.3 Å². The van der Waals surface area contributed by atoms with E-state index < -0.39 is 21.5 Å². The summed E-state index contributed by atoms with van der Waals surface area (Å²) in [6.07, 6.45) is 0.628. The number of amides is 3. The number of carbonyl (C=O) groups excluding carboxylic acids is 3. The molecule has 1 aromatic heterocycles. The highest BCUT2D eigenvalue weighted by Gasteiger charge is 2.49. The minimum absolute atomic E-state index is 0.147. The van der Waals surface area contributed by atoms with Crippen molar-refractivity contribution in [2.24, 2.45) is 5.41 Å². The molecule has 3 heterocycles. The molecule has 0 aliphatic carbocycles. The molecule has 2 aliphatic rings. The van der Waals surface area contributed by atoms with E-state index in [4.69, 9.17) is 0 Å². The third-order valence-corrected chi connectivity index (χ3v) is 10.4. The number of likely N-dealkylation sites (tertiary alicyclic amines) is 2. The molecule has 3 amide bonds. The van der Waals surface area contributed by atoms with Gasteiger partial charge in [0, 0.05) is 17.8 Å². The normalized spacial score (nSPS) is 19.7. The fourth-order valence-corrected chi connectivity index (χ4v) is 7.73. The Kier molecular flexibility index (Phi) is 7.49. The Morgan fingerprint density at radius 3 is 2.30 bits per heavy atom. The highest BCUT2D eigenvalue weighted by atomic mass is 32.2. The lowest BCUT2D eigenvalue weighted by Gasteiger charge is -2.39. The van der Waals surface area contributed by atoms with Gasteiger partial charge < -0.3 is 15.1 Å². The van der Waals surface area contributed by atoms with Crippen LogP contribution in [0.5, 0.6) is 0 Å². The number of thiophene rings is 1. The number of fused-ring (bicyclic) bond motifs is 3. The molecular weight excluding hydrogens is 548 g/mol. The average Bonchev–Trinajstić information content (AvgIpc) is 3.63. The van der Waals surface area contributed by atoms with Crippen molar-refractivity contribution in [2.75, 3.05) is 19.6 Å². The molecule has 11 heteroatoms. The fraction of sp³-hybridized carbons (Fsp3) is 0.414. The SMILES string of the molecule is Cc1ccccc1S(=O)(=O)NCC(=O)N1C[C@@H]2C[C@H]1CN2C(=O)C(NC(=O)c1cc2ccccc2s1)C(C)(C)C. The quantitative estimate of drug-likeness (QED) is 0.444. The lowest BCUT2D eigenvalue weighted by atomic mass is 9.85.